The number of hydrogen-bond donors (Lipinski definition) is 2. The molecule has 0 fully saturated rings. The van der Waals surface area contributed by atoms with Crippen LogP contribution < -0.4 is 10.1 Å². The topological polar surface area (TPSA) is 58.6 Å². The first-order valence-corrected chi connectivity index (χ1v) is 6.57. The Morgan fingerprint density at radius 1 is 1.37 bits per heavy atom. The third-order valence-corrected chi connectivity index (χ3v) is 3.20. The van der Waals surface area contributed by atoms with Crippen LogP contribution in [0.3, 0.4) is 0 Å². The molecular formula is C15H23NO3. The van der Waals surface area contributed by atoms with E-state index in [0.717, 1.165) is 5.56 Å². The second-order valence-electron chi connectivity index (χ2n) is 5.11. The fraction of sp³-hybridized carbons (Fsp3) is 0.533. The number of rotatable bonds is 6. The van der Waals surface area contributed by atoms with Crippen LogP contribution >= 0.6 is 0 Å². The third kappa shape index (κ3) is 4.56. The van der Waals surface area contributed by atoms with Crippen LogP contribution in [0.15, 0.2) is 18.2 Å². The van der Waals surface area contributed by atoms with Crippen molar-refractivity contribution >= 4 is 5.91 Å². The summed E-state index contributed by atoms with van der Waals surface area (Å²) in [5, 5.41) is 12.1. The lowest BCUT2D eigenvalue weighted by Gasteiger charge is -2.18. The number of carbonyl (C=O) groups excluding carboxylic acids is 1. The molecule has 0 aliphatic heterocycles. The highest BCUT2D eigenvalue weighted by atomic mass is 16.5. The molecule has 4 heteroatoms. The number of benzene rings is 1. The molecule has 1 atom stereocenters. The Morgan fingerprint density at radius 2 is 2.05 bits per heavy atom. The van der Waals surface area contributed by atoms with E-state index in [1.54, 1.807) is 6.07 Å². The normalized spacial score (nSPS) is 12.3. The van der Waals surface area contributed by atoms with Gasteiger partial charge in [0.25, 0.3) is 5.91 Å². The first-order chi connectivity index (χ1) is 8.95. The molecule has 0 aliphatic rings. The highest BCUT2D eigenvalue weighted by Gasteiger charge is 2.13. The molecule has 1 unspecified atom stereocenters. The maximum absolute atomic E-state index is 11.7. The van der Waals surface area contributed by atoms with Crippen LogP contribution in [0.25, 0.3) is 0 Å². The number of aliphatic hydroxyl groups excluding tert-OH is 1. The lowest BCUT2D eigenvalue weighted by atomic mass is 10.1. The van der Waals surface area contributed by atoms with Crippen molar-refractivity contribution in [2.24, 2.45) is 5.92 Å². The van der Waals surface area contributed by atoms with E-state index in [4.69, 9.17) is 4.74 Å². The molecule has 0 saturated heterocycles. The van der Waals surface area contributed by atoms with Gasteiger partial charge in [0, 0.05) is 11.6 Å². The zero-order valence-electron chi connectivity index (χ0n) is 12.1. The minimum Gasteiger partial charge on any atom is -0.483 e. The van der Waals surface area contributed by atoms with Gasteiger partial charge < -0.3 is 15.2 Å². The molecule has 0 saturated carbocycles. The third-order valence-electron chi connectivity index (χ3n) is 3.20. The second kappa shape index (κ2) is 7.14. The SMILES string of the molecule is Cc1cccc(CO)c1OCC(=O)NC(C)C(C)C. The number of hydrogen-bond acceptors (Lipinski definition) is 3. The van der Waals surface area contributed by atoms with Gasteiger partial charge in [-0.25, -0.2) is 0 Å². The summed E-state index contributed by atoms with van der Waals surface area (Å²) in [5.74, 6) is 0.834. The number of nitrogens with one attached hydrogen (secondary N) is 1. The second-order valence-corrected chi connectivity index (χ2v) is 5.11. The molecule has 106 valence electrons. The van der Waals surface area contributed by atoms with Crippen LogP contribution in [0.5, 0.6) is 5.75 Å². The van der Waals surface area contributed by atoms with Gasteiger partial charge in [0.05, 0.1) is 6.61 Å². The van der Waals surface area contributed by atoms with Crippen LogP contribution in [-0.4, -0.2) is 23.7 Å². The molecule has 0 heterocycles. The summed E-state index contributed by atoms with van der Waals surface area (Å²) in [6.45, 7) is 7.84. The molecule has 1 amide bonds. The van der Waals surface area contributed by atoms with Gasteiger partial charge in [-0.3, -0.25) is 4.79 Å². The fourth-order valence-corrected chi connectivity index (χ4v) is 1.64. The summed E-state index contributed by atoms with van der Waals surface area (Å²) in [6.07, 6.45) is 0. The van der Waals surface area contributed by atoms with E-state index in [2.05, 4.69) is 19.2 Å². The minimum absolute atomic E-state index is 0.0328. The quantitative estimate of drug-likeness (QED) is 0.827. The van der Waals surface area contributed by atoms with E-state index in [0.29, 0.717) is 17.2 Å². The Balaban J connectivity index is 2.60. The number of para-hydroxylation sites is 1. The largest absolute Gasteiger partial charge is 0.483 e. The number of carbonyl (C=O) groups is 1. The van der Waals surface area contributed by atoms with E-state index in [-0.39, 0.29) is 25.2 Å². The maximum atomic E-state index is 11.7. The Labute approximate surface area is 114 Å². The predicted molar refractivity (Wildman–Crippen MR) is 75.0 cm³/mol. The molecule has 4 nitrogen and oxygen atoms in total. The smallest absolute Gasteiger partial charge is 0.258 e. The molecule has 1 aromatic carbocycles. The van der Waals surface area contributed by atoms with Gasteiger partial charge in [0.1, 0.15) is 5.75 Å². The van der Waals surface area contributed by atoms with Crippen molar-refractivity contribution in [2.75, 3.05) is 6.61 Å². The summed E-state index contributed by atoms with van der Waals surface area (Å²) >= 11 is 0. The average molecular weight is 265 g/mol. The summed E-state index contributed by atoms with van der Waals surface area (Å²) in [5.41, 5.74) is 1.61. The lowest BCUT2D eigenvalue weighted by molar-refractivity contribution is -0.124. The minimum atomic E-state index is -0.145. The Bertz CT molecular complexity index is 429. The van der Waals surface area contributed by atoms with Crippen molar-refractivity contribution in [3.05, 3.63) is 29.3 Å². The Kier molecular flexibility index (Phi) is 5.83. The molecule has 0 bridgehead atoms. The van der Waals surface area contributed by atoms with Crippen molar-refractivity contribution in [3.8, 4) is 5.75 Å². The molecular weight excluding hydrogens is 242 g/mol. The van der Waals surface area contributed by atoms with Crippen LogP contribution in [0.4, 0.5) is 0 Å². The maximum Gasteiger partial charge on any atom is 0.258 e. The van der Waals surface area contributed by atoms with Gasteiger partial charge in [0.15, 0.2) is 6.61 Å². The standard InChI is InChI=1S/C15H23NO3/c1-10(2)12(4)16-14(18)9-19-15-11(3)6-5-7-13(15)8-17/h5-7,10,12,17H,8-9H2,1-4H3,(H,16,18). The van der Waals surface area contributed by atoms with E-state index < -0.39 is 0 Å². The van der Waals surface area contributed by atoms with Crippen molar-refractivity contribution in [3.63, 3.8) is 0 Å². The fourth-order valence-electron chi connectivity index (χ4n) is 1.64. The zero-order chi connectivity index (χ0) is 14.4. The Hall–Kier alpha value is -1.55. The number of aliphatic hydroxyl groups is 1. The Morgan fingerprint density at radius 3 is 2.63 bits per heavy atom. The zero-order valence-corrected chi connectivity index (χ0v) is 12.1. The van der Waals surface area contributed by atoms with Crippen LogP contribution in [0.1, 0.15) is 31.9 Å². The van der Waals surface area contributed by atoms with Crippen molar-refractivity contribution in [1.82, 2.24) is 5.32 Å². The molecule has 19 heavy (non-hydrogen) atoms. The van der Waals surface area contributed by atoms with E-state index in [1.165, 1.54) is 0 Å². The van der Waals surface area contributed by atoms with Gasteiger partial charge in [-0.2, -0.15) is 0 Å². The van der Waals surface area contributed by atoms with Gasteiger partial charge in [-0.05, 0) is 25.3 Å². The monoisotopic (exact) mass is 265 g/mol. The highest BCUT2D eigenvalue weighted by Crippen LogP contribution is 2.23. The van der Waals surface area contributed by atoms with Crippen molar-refractivity contribution in [2.45, 2.75) is 40.3 Å². The van der Waals surface area contributed by atoms with Gasteiger partial charge in [0.2, 0.25) is 0 Å². The van der Waals surface area contributed by atoms with Crippen molar-refractivity contribution < 1.29 is 14.6 Å². The highest BCUT2D eigenvalue weighted by molar-refractivity contribution is 5.77. The first-order valence-electron chi connectivity index (χ1n) is 6.57. The summed E-state index contributed by atoms with van der Waals surface area (Å²) in [6, 6.07) is 5.65. The summed E-state index contributed by atoms with van der Waals surface area (Å²) < 4.78 is 5.53. The van der Waals surface area contributed by atoms with Gasteiger partial charge >= 0.3 is 0 Å². The summed E-state index contributed by atoms with van der Waals surface area (Å²) in [7, 11) is 0. The molecule has 1 rings (SSSR count). The molecule has 0 spiro atoms. The molecule has 1 aromatic rings. The average Bonchev–Trinajstić information content (AvgIpc) is 2.36. The van der Waals surface area contributed by atoms with Gasteiger partial charge in [-0.1, -0.05) is 32.0 Å². The first kappa shape index (κ1) is 15.5. The van der Waals surface area contributed by atoms with Crippen LogP contribution in [0.2, 0.25) is 0 Å². The molecule has 2 N–H and O–H groups in total. The predicted octanol–water partition coefficient (Wildman–Crippen LogP) is 2.03. The lowest BCUT2D eigenvalue weighted by Crippen LogP contribution is -2.39. The number of amides is 1. The van der Waals surface area contributed by atoms with Crippen molar-refractivity contribution in [1.29, 1.82) is 0 Å². The molecule has 0 aromatic heterocycles. The number of aryl methyl sites for hydroxylation is 1. The van der Waals surface area contributed by atoms with E-state index in [1.807, 2.05) is 26.0 Å². The molecule has 0 radical (unpaired) electrons. The van der Waals surface area contributed by atoms with Gasteiger partial charge in [-0.15, -0.1) is 0 Å². The van der Waals surface area contributed by atoms with E-state index in [9.17, 15) is 9.90 Å². The number of ether oxygens (including phenoxy) is 1. The van der Waals surface area contributed by atoms with Crippen LogP contribution in [0, 0.1) is 12.8 Å². The molecule has 0 aliphatic carbocycles. The summed E-state index contributed by atoms with van der Waals surface area (Å²) in [4.78, 5) is 11.7. The van der Waals surface area contributed by atoms with Crippen LogP contribution in [-0.2, 0) is 11.4 Å². The van der Waals surface area contributed by atoms with E-state index >= 15 is 0 Å².